The van der Waals surface area contributed by atoms with Gasteiger partial charge in [-0.15, -0.1) is 0 Å². The van der Waals surface area contributed by atoms with E-state index in [1.807, 2.05) is 23.1 Å². The maximum Gasteiger partial charge on any atom is 0.224 e. The van der Waals surface area contributed by atoms with Gasteiger partial charge < -0.3 is 4.90 Å². The Hall–Kier alpha value is -1.31. The van der Waals surface area contributed by atoms with Crippen LogP contribution < -0.4 is 4.90 Å². The van der Waals surface area contributed by atoms with Gasteiger partial charge in [-0.1, -0.05) is 18.2 Å². The van der Waals surface area contributed by atoms with Gasteiger partial charge in [0.25, 0.3) is 0 Å². The standard InChI is InChI=1S/C11H13NO/c1-8-7-10-5-3-4-6-11(10)12(8)9(2)13/h3-6,8H,7H2,1-2H3/t8-/m1/s1. The molecule has 0 fully saturated rings. The van der Waals surface area contributed by atoms with Crippen LogP contribution in [-0.2, 0) is 11.2 Å². The Labute approximate surface area is 78.2 Å². The Bertz CT molecular complexity index is 346. The predicted molar refractivity (Wildman–Crippen MR) is 52.8 cm³/mol. The average molecular weight is 175 g/mol. The number of benzene rings is 1. The summed E-state index contributed by atoms with van der Waals surface area (Å²) in [6, 6.07) is 8.42. The second-order valence-corrected chi connectivity index (χ2v) is 3.57. The number of amides is 1. The highest BCUT2D eigenvalue weighted by Gasteiger charge is 2.27. The van der Waals surface area contributed by atoms with Gasteiger partial charge in [0.2, 0.25) is 5.91 Å². The lowest BCUT2D eigenvalue weighted by molar-refractivity contribution is -0.116. The Morgan fingerprint density at radius 2 is 2.15 bits per heavy atom. The molecule has 2 nitrogen and oxygen atoms in total. The molecular weight excluding hydrogens is 162 g/mol. The van der Waals surface area contributed by atoms with Gasteiger partial charge >= 0.3 is 0 Å². The molecule has 0 aliphatic carbocycles. The number of rotatable bonds is 0. The van der Waals surface area contributed by atoms with E-state index in [-0.39, 0.29) is 5.91 Å². The number of anilines is 1. The van der Waals surface area contributed by atoms with Crippen molar-refractivity contribution in [3.63, 3.8) is 0 Å². The van der Waals surface area contributed by atoms with Crippen LogP contribution in [-0.4, -0.2) is 11.9 Å². The maximum absolute atomic E-state index is 11.3. The molecule has 0 saturated heterocycles. The third-order valence-electron chi connectivity index (χ3n) is 2.55. The van der Waals surface area contributed by atoms with E-state index in [1.54, 1.807) is 6.92 Å². The van der Waals surface area contributed by atoms with Gasteiger partial charge in [0.15, 0.2) is 0 Å². The normalized spacial score (nSPS) is 20.2. The van der Waals surface area contributed by atoms with E-state index >= 15 is 0 Å². The van der Waals surface area contributed by atoms with Gasteiger partial charge in [0.1, 0.15) is 0 Å². The first-order chi connectivity index (χ1) is 6.20. The Morgan fingerprint density at radius 1 is 1.46 bits per heavy atom. The van der Waals surface area contributed by atoms with E-state index in [1.165, 1.54) is 5.56 Å². The van der Waals surface area contributed by atoms with Gasteiger partial charge in [0, 0.05) is 18.7 Å². The minimum Gasteiger partial charge on any atom is -0.309 e. The van der Waals surface area contributed by atoms with Gasteiger partial charge in [-0.25, -0.2) is 0 Å². The molecule has 1 aliphatic rings. The first kappa shape index (κ1) is 8.30. The molecule has 0 aromatic heterocycles. The minimum atomic E-state index is 0.137. The van der Waals surface area contributed by atoms with Crippen molar-refractivity contribution in [2.24, 2.45) is 0 Å². The number of hydrogen-bond acceptors (Lipinski definition) is 1. The molecule has 0 radical (unpaired) electrons. The van der Waals surface area contributed by atoms with Crippen molar-refractivity contribution in [2.45, 2.75) is 26.3 Å². The molecule has 1 aromatic rings. The largest absolute Gasteiger partial charge is 0.309 e. The van der Waals surface area contributed by atoms with E-state index in [9.17, 15) is 4.79 Å². The molecular formula is C11H13NO. The molecule has 0 spiro atoms. The van der Waals surface area contributed by atoms with Crippen LogP contribution in [0.1, 0.15) is 19.4 Å². The van der Waals surface area contributed by atoms with Gasteiger partial charge in [-0.05, 0) is 25.0 Å². The summed E-state index contributed by atoms with van der Waals surface area (Å²) in [5.74, 6) is 0.137. The van der Waals surface area contributed by atoms with E-state index in [2.05, 4.69) is 13.0 Å². The summed E-state index contributed by atoms with van der Waals surface area (Å²) in [6.45, 7) is 3.71. The molecule has 0 unspecified atom stereocenters. The molecule has 68 valence electrons. The SMILES string of the molecule is CC(=O)N1c2ccccc2C[C@H]1C. The molecule has 0 N–H and O–H groups in total. The Morgan fingerprint density at radius 3 is 2.85 bits per heavy atom. The molecule has 2 rings (SSSR count). The first-order valence-corrected chi connectivity index (χ1v) is 4.58. The number of fused-ring (bicyclic) bond motifs is 1. The van der Waals surface area contributed by atoms with Crippen LogP contribution in [0.15, 0.2) is 24.3 Å². The van der Waals surface area contributed by atoms with Gasteiger partial charge in [-0.3, -0.25) is 4.79 Å². The molecule has 2 heteroatoms. The molecule has 13 heavy (non-hydrogen) atoms. The summed E-state index contributed by atoms with van der Waals surface area (Å²) < 4.78 is 0. The zero-order valence-corrected chi connectivity index (χ0v) is 7.95. The van der Waals surface area contributed by atoms with E-state index < -0.39 is 0 Å². The average Bonchev–Trinajstić information content (AvgIpc) is 2.39. The summed E-state index contributed by atoms with van der Waals surface area (Å²) in [5.41, 5.74) is 2.37. The highest BCUT2D eigenvalue weighted by molar-refractivity contribution is 5.94. The van der Waals surface area contributed by atoms with Crippen LogP contribution in [0.3, 0.4) is 0 Å². The zero-order valence-electron chi connectivity index (χ0n) is 7.95. The van der Waals surface area contributed by atoms with E-state index in [4.69, 9.17) is 0 Å². The third kappa shape index (κ3) is 1.22. The smallest absolute Gasteiger partial charge is 0.224 e. The topological polar surface area (TPSA) is 20.3 Å². The van der Waals surface area contributed by atoms with Crippen LogP contribution >= 0.6 is 0 Å². The van der Waals surface area contributed by atoms with Crippen LogP contribution in [0.4, 0.5) is 5.69 Å². The zero-order chi connectivity index (χ0) is 9.42. The molecule has 0 saturated carbocycles. The van der Waals surface area contributed by atoms with Crippen molar-refractivity contribution in [3.05, 3.63) is 29.8 Å². The second-order valence-electron chi connectivity index (χ2n) is 3.57. The summed E-state index contributed by atoms with van der Waals surface area (Å²) in [4.78, 5) is 13.2. The number of nitrogens with zero attached hydrogens (tertiary/aromatic N) is 1. The third-order valence-corrected chi connectivity index (χ3v) is 2.55. The van der Waals surface area contributed by atoms with E-state index in [0.29, 0.717) is 6.04 Å². The van der Waals surface area contributed by atoms with Crippen LogP contribution in [0.25, 0.3) is 0 Å². The maximum atomic E-state index is 11.3. The molecule has 1 heterocycles. The number of para-hydroxylation sites is 1. The quantitative estimate of drug-likeness (QED) is 0.590. The highest BCUT2D eigenvalue weighted by atomic mass is 16.2. The fraction of sp³-hybridized carbons (Fsp3) is 0.364. The fourth-order valence-electron chi connectivity index (χ4n) is 2.05. The summed E-state index contributed by atoms with van der Waals surface area (Å²) in [6.07, 6.45) is 0.982. The summed E-state index contributed by atoms with van der Waals surface area (Å²) in [5, 5.41) is 0. The van der Waals surface area contributed by atoms with Crippen molar-refractivity contribution in [2.75, 3.05) is 4.90 Å². The highest BCUT2D eigenvalue weighted by Crippen LogP contribution is 2.31. The van der Waals surface area contributed by atoms with Crippen molar-refractivity contribution < 1.29 is 4.79 Å². The molecule has 1 aromatic carbocycles. The number of hydrogen-bond donors (Lipinski definition) is 0. The molecule has 0 bridgehead atoms. The molecule has 1 aliphatic heterocycles. The minimum absolute atomic E-state index is 0.137. The Kier molecular flexibility index (Phi) is 1.83. The summed E-state index contributed by atoms with van der Waals surface area (Å²) in [7, 11) is 0. The lowest BCUT2D eigenvalue weighted by Gasteiger charge is -2.20. The van der Waals surface area contributed by atoms with Crippen molar-refractivity contribution >= 4 is 11.6 Å². The molecule has 1 atom stereocenters. The molecule has 1 amide bonds. The van der Waals surface area contributed by atoms with Crippen molar-refractivity contribution in [1.29, 1.82) is 0 Å². The number of carbonyl (C=O) groups excluding carboxylic acids is 1. The summed E-state index contributed by atoms with van der Waals surface area (Å²) >= 11 is 0. The van der Waals surface area contributed by atoms with Crippen molar-refractivity contribution in [1.82, 2.24) is 0 Å². The van der Waals surface area contributed by atoms with Crippen molar-refractivity contribution in [3.8, 4) is 0 Å². The number of carbonyl (C=O) groups is 1. The second kappa shape index (κ2) is 2.87. The fourth-order valence-corrected chi connectivity index (χ4v) is 2.05. The van der Waals surface area contributed by atoms with Crippen LogP contribution in [0.5, 0.6) is 0 Å². The lowest BCUT2D eigenvalue weighted by Crippen LogP contribution is -2.33. The van der Waals surface area contributed by atoms with Crippen LogP contribution in [0, 0.1) is 0 Å². The van der Waals surface area contributed by atoms with Gasteiger partial charge in [0.05, 0.1) is 0 Å². The monoisotopic (exact) mass is 175 g/mol. The van der Waals surface area contributed by atoms with Gasteiger partial charge in [-0.2, -0.15) is 0 Å². The predicted octanol–water partition coefficient (Wildman–Crippen LogP) is 1.98. The Balaban J connectivity index is 2.46. The lowest BCUT2D eigenvalue weighted by atomic mass is 10.1. The first-order valence-electron chi connectivity index (χ1n) is 4.58. The van der Waals surface area contributed by atoms with E-state index in [0.717, 1.165) is 12.1 Å². The van der Waals surface area contributed by atoms with Crippen LogP contribution in [0.2, 0.25) is 0 Å².